The molecular weight excluding hydrogens is 364 g/mol. The van der Waals surface area contributed by atoms with Gasteiger partial charge in [0.2, 0.25) is 0 Å². The number of nitrogens with one attached hydrogen (secondary N) is 1. The first-order chi connectivity index (χ1) is 13.2. The lowest BCUT2D eigenvalue weighted by Gasteiger charge is -2.06. The summed E-state index contributed by atoms with van der Waals surface area (Å²) in [7, 11) is 0. The van der Waals surface area contributed by atoms with E-state index in [2.05, 4.69) is 10.5 Å². The molecule has 2 N–H and O–H groups in total. The number of halogens is 1. The fourth-order valence-corrected chi connectivity index (χ4v) is 2.54. The van der Waals surface area contributed by atoms with E-state index in [-0.39, 0.29) is 11.3 Å². The number of carbonyl (C=O) groups is 1. The first kappa shape index (κ1) is 18.5. The molecule has 0 bridgehead atoms. The van der Waals surface area contributed by atoms with Crippen molar-refractivity contribution in [2.45, 2.75) is 0 Å². The number of amides is 1. The number of phenols is 1. The molecule has 0 saturated carbocycles. The SMILES string of the molecule is O=C(N/N=C\c1ccc(OC/C=C/Cl)cc1)c1cc2ccccc2cc1O. The van der Waals surface area contributed by atoms with Gasteiger partial charge in [-0.05, 0) is 58.8 Å². The molecule has 0 fully saturated rings. The van der Waals surface area contributed by atoms with Gasteiger partial charge in [0.15, 0.2) is 0 Å². The molecule has 3 aromatic carbocycles. The number of nitrogens with zero attached hydrogens (tertiary/aromatic N) is 1. The second-order valence-corrected chi connectivity index (χ2v) is 5.91. The van der Waals surface area contributed by atoms with Gasteiger partial charge in [-0.15, -0.1) is 0 Å². The van der Waals surface area contributed by atoms with Gasteiger partial charge < -0.3 is 9.84 Å². The molecule has 1 amide bonds. The summed E-state index contributed by atoms with van der Waals surface area (Å²) < 4.78 is 5.44. The standard InChI is InChI=1S/C21H17ClN2O3/c22-10-3-11-27-18-8-6-15(7-9-18)14-23-24-21(26)19-12-16-4-1-2-5-17(16)13-20(19)25/h1-10,12-14,25H,11H2,(H,24,26)/b10-3+,23-14-. The fourth-order valence-electron chi connectivity index (χ4n) is 2.47. The number of hydrazone groups is 1. The highest BCUT2D eigenvalue weighted by molar-refractivity contribution is 6.25. The van der Waals surface area contributed by atoms with Gasteiger partial charge in [0.25, 0.3) is 5.91 Å². The van der Waals surface area contributed by atoms with Crippen LogP contribution in [-0.2, 0) is 0 Å². The van der Waals surface area contributed by atoms with Gasteiger partial charge in [-0.3, -0.25) is 4.79 Å². The van der Waals surface area contributed by atoms with Gasteiger partial charge >= 0.3 is 0 Å². The Hall–Kier alpha value is -3.31. The van der Waals surface area contributed by atoms with Crippen LogP contribution in [0.3, 0.4) is 0 Å². The van der Waals surface area contributed by atoms with E-state index < -0.39 is 5.91 Å². The zero-order valence-electron chi connectivity index (χ0n) is 14.3. The Bertz CT molecular complexity index is 998. The minimum atomic E-state index is -0.484. The summed E-state index contributed by atoms with van der Waals surface area (Å²) in [6.45, 7) is 0.391. The molecule has 0 unspecified atom stereocenters. The largest absolute Gasteiger partial charge is 0.507 e. The Labute approximate surface area is 161 Å². The molecule has 0 atom stereocenters. The number of phenolic OH excluding ortho intramolecular Hbond substituents is 1. The number of rotatable bonds is 6. The fraction of sp³-hybridized carbons (Fsp3) is 0.0476. The highest BCUT2D eigenvalue weighted by Crippen LogP contribution is 2.24. The van der Waals surface area contributed by atoms with Crippen molar-refractivity contribution in [3.05, 3.63) is 83.4 Å². The van der Waals surface area contributed by atoms with E-state index >= 15 is 0 Å². The summed E-state index contributed by atoms with van der Waals surface area (Å²) >= 11 is 5.43. The van der Waals surface area contributed by atoms with Crippen molar-refractivity contribution in [1.82, 2.24) is 5.43 Å². The molecule has 5 nitrogen and oxygen atoms in total. The summed E-state index contributed by atoms with van der Waals surface area (Å²) in [6, 6.07) is 17.9. The van der Waals surface area contributed by atoms with E-state index in [9.17, 15) is 9.90 Å². The molecule has 0 aliphatic heterocycles. The molecule has 6 heteroatoms. The molecule has 0 aliphatic rings. The summed E-state index contributed by atoms with van der Waals surface area (Å²) in [6.07, 6.45) is 3.20. The van der Waals surface area contributed by atoms with Crippen LogP contribution in [-0.4, -0.2) is 23.8 Å². The molecule has 0 aliphatic carbocycles. The molecule has 3 rings (SSSR count). The van der Waals surface area contributed by atoms with Gasteiger partial charge in [-0.2, -0.15) is 5.10 Å². The number of benzene rings is 3. The van der Waals surface area contributed by atoms with Crippen molar-refractivity contribution in [2.75, 3.05) is 6.61 Å². The summed E-state index contributed by atoms with van der Waals surface area (Å²) in [5.41, 5.74) is 4.78. The van der Waals surface area contributed by atoms with Crippen molar-refractivity contribution in [3.63, 3.8) is 0 Å². The minimum absolute atomic E-state index is 0.0890. The van der Waals surface area contributed by atoms with E-state index in [1.54, 1.807) is 30.3 Å². The topological polar surface area (TPSA) is 70.9 Å². The summed E-state index contributed by atoms with van der Waals surface area (Å²) in [4.78, 5) is 12.3. The second kappa shape index (κ2) is 8.87. The molecular formula is C21H17ClN2O3. The van der Waals surface area contributed by atoms with E-state index in [0.29, 0.717) is 12.4 Å². The number of carbonyl (C=O) groups excluding carboxylic acids is 1. The van der Waals surface area contributed by atoms with Gasteiger partial charge in [0.05, 0.1) is 11.8 Å². The average molecular weight is 381 g/mol. The lowest BCUT2D eigenvalue weighted by Crippen LogP contribution is -2.17. The quantitative estimate of drug-likeness (QED) is 0.490. The average Bonchev–Trinajstić information content (AvgIpc) is 2.68. The van der Waals surface area contributed by atoms with Crippen molar-refractivity contribution in [2.24, 2.45) is 5.10 Å². The molecule has 0 heterocycles. The highest BCUT2D eigenvalue weighted by atomic mass is 35.5. The molecule has 3 aromatic rings. The first-order valence-electron chi connectivity index (χ1n) is 8.20. The van der Waals surface area contributed by atoms with E-state index in [1.165, 1.54) is 11.7 Å². The van der Waals surface area contributed by atoms with Crippen LogP contribution in [0.25, 0.3) is 10.8 Å². The predicted molar refractivity (Wildman–Crippen MR) is 108 cm³/mol. The van der Waals surface area contributed by atoms with E-state index in [4.69, 9.17) is 16.3 Å². The third-order valence-electron chi connectivity index (χ3n) is 3.80. The van der Waals surface area contributed by atoms with Crippen LogP contribution in [0.4, 0.5) is 0 Å². The van der Waals surface area contributed by atoms with Gasteiger partial charge in [-0.1, -0.05) is 35.9 Å². The lowest BCUT2D eigenvalue weighted by atomic mass is 10.1. The third-order valence-corrected chi connectivity index (χ3v) is 3.98. The lowest BCUT2D eigenvalue weighted by molar-refractivity contribution is 0.0952. The summed E-state index contributed by atoms with van der Waals surface area (Å²) in [5.74, 6) is 0.128. The van der Waals surface area contributed by atoms with Crippen LogP contribution in [0, 0.1) is 0 Å². The van der Waals surface area contributed by atoms with Crippen LogP contribution in [0.5, 0.6) is 11.5 Å². The molecule has 136 valence electrons. The third kappa shape index (κ3) is 4.86. The maximum atomic E-state index is 12.3. The number of hydrogen-bond donors (Lipinski definition) is 2. The Morgan fingerprint density at radius 3 is 2.52 bits per heavy atom. The monoisotopic (exact) mass is 380 g/mol. The maximum absolute atomic E-state index is 12.3. The van der Waals surface area contributed by atoms with Crippen LogP contribution < -0.4 is 10.2 Å². The minimum Gasteiger partial charge on any atom is -0.507 e. The smallest absolute Gasteiger partial charge is 0.275 e. The normalized spacial score (nSPS) is 11.3. The zero-order valence-corrected chi connectivity index (χ0v) is 15.1. The van der Waals surface area contributed by atoms with E-state index in [1.807, 2.05) is 36.4 Å². The first-order valence-corrected chi connectivity index (χ1v) is 8.64. The number of ether oxygens (including phenoxy) is 1. The van der Waals surface area contributed by atoms with Crippen LogP contribution >= 0.6 is 11.6 Å². The summed E-state index contributed by atoms with van der Waals surface area (Å²) in [5, 5.41) is 15.7. The second-order valence-electron chi connectivity index (χ2n) is 5.66. The van der Waals surface area contributed by atoms with Gasteiger partial charge in [-0.25, -0.2) is 5.43 Å². The van der Waals surface area contributed by atoms with Crippen LogP contribution in [0.15, 0.2) is 77.4 Å². The number of hydrogen-bond acceptors (Lipinski definition) is 4. The van der Waals surface area contributed by atoms with E-state index in [0.717, 1.165) is 16.3 Å². The predicted octanol–water partition coefficient (Wildman–Crippen LogP) is 4.44. The Morgan fingerprint density at radius 2 is 1.81 bits per heavy atom. The Kier molecular flexibility index (Phi) is 6.07. The Balaban J connectivity index is 1.64. The molecule has 0 radical (unpaired) electrons. The Morgan fingerprint density at radius 1 is 1.11 bits per heavy atom. The maximum Gasteiger partial charge on any atom is 0.275 e. The van der Waals surface area contributed by atoms with Crippen molar-refractivity contribution in [3.8, 4) is 11.5 Å². The molecule has 0 spiro atoms. The van der Waals surface area contributed by atoms with Crippen molar-refractivity contribution < 1.29 is 14.6 Å². The number of fused-ring (bicyclic) bond motifs is 1. The van der Waals surface area contributed by atoms with Gasteiger partial charge in [0, 0.05) is 5.54 Å². The molecule has 27 heavy (non-hydrogen) atoms. The number of aromatic hydroxyl groups is 1. The molecule has 0 aromatic heterocycles. The van der Waals surface area contributed by atoms with Crippen LogP contribution in [0.2, 0.25) is 0 Å². The van der Waals surface area contributed by atoms with Crippen molar-refractivity contribution >= 4 is 34.5 Å². The highest BCUT2D eigenvalue weighted by Gasteiger charge is 2.11. The molecule has 0 saturated heterocycles. The van der Waals surface area contributed by atoms with Crippen molar-refractivity contribution in [1.29, 1.82) is 0 Å². The van der Waals surface area contributed by atoms with Gasteiger partial charge in [0.1, 0.15) is 18.1 Å². The zero-order chi connectivity index (χ0) is 19.1. The van der Waals surface area contributed by atoms with Crippen LogP contribution in [0.1, 0.15) is 15.9 Å².